The van der Waals surface area contributed by atoms with Crippen molar-refractivity contribution in [2.24, 2.45) is 5.73 Å². The minimum Gasteiger partial charge on any atom is -0.329 e. The molecule has 2 nitrogen and oxygen atoms in total. The number of rotatable bonds is 7. The smallest absolute Gasteiger partial charge is 0.329 e. The number of halogens is 3. The monoisotopic (exact) mass is 300 g/mol. The highest BCUT2D eigenvalue weighted by Crippen LogP contribution is 2.35. The number of unbranched alkanes of at least 4 members (excludes halogenated alkanes) is 1. The van der Waals surface area contributed by atoms with E-state index in [1.54, 1.807) is 12.1 Å². The highest BCUT2D eigenvalue weighted by atomic mass is 19.4. The second-order valence-electron chi connectivity index (χ2n) is 5.69. The van der Waals surface area contributed by atoms with Crippen LogP contribution in [-0.4, -0.2) is 24.0 Å². The van der Waals surface area contributed by atoms with Crippen LogP contribution in [0.1, 0.15) is 49.8 Å². The van der Waals surface area contributed by atoms with Crippen LogP contribution in [-0.2, 0) is 6.18 Å². The van der Waals surface area contributed by atoms with Crippen molar-refractivity contribution >= 4 is 0 Å². The molecule has 1 aliphatic carbocycles. The molecular weight excluding hydrogens is 277 g/mol. The molecule has 1 unspecified atom stereocenters. The molecule has 1 atom stereocenters. The van der Waals surface area contributed by atoms with E-state index in [1.807, 2.05) is 0 Å². The summed E-state index contributed by atoms with van der Waals surface area (Å²) in [6.45, 7) is 3.54. The summed E-state index contributed by atoms with van der Waals surface area (Å²) in [4.78, 5) is 2.37. The van der Waals surface area contributed by atoms with E-state index >= 15 is 0 Å². The van der Waals surface area contributed by atoms with E-state index < -0.39 is 11.7 Å². The van der Waals surface area contributed by atoms with Gasteiger partial charge in [-0.3, -0.25) is 4.90 Å². The zero-order valence-electron chi connectivity index (χ0n) is 12.4. The predicted octanol–water partition coefficient (Wildman–Crippen LogP) is 3.97. The lowest BCUT2D eigenvalue weighted by Gasteiger charge is -2.31. The van der Waals surface area contributed by atoms with Crippen LogP contribution in [0.15, 0.2) is 24.3 Å². The van der Waals surface area contributed by atoms with Gasteiger partial charge >= 0.3 is 6.18 Å². The van der Waals surface area contributed by atoms with Crippen LogP contribution >= 0.6 is 0 Å². The molecule has 0 radical (unpaired) electrons. The SMILES string of the molecule is CCCCN(C1CC1)C(CN)c1ccc(C(F)(F)F)cc1. The van der Waals surface area contributed by atoms with Crippen molar-refractivity contribution in [1.82, 2.24) is 4.90 Å². The standard InChI is InChI=1S/C16H23F3N2/c1-2-3-10-21(14-8-9-14)15(11-20)12-4-6-13(7-5-12)16(17,18)19/h4-7,14-15H,2-3,8-11,20H2,1H3. The normalized spacial score (nSPS) is 17.2. The van der Waals surface area contributed by atoms with Gasteiger partial charge in [0, 0.05) is 18.6 Å². The molecule has 1 saturated carbocycles. The Morgan fingerprint density at radius 3 is 2.29 bits per heavy atom. The Labute approximate surface area is 124 Å². The van der Waals surface area contributed by atoms with E-state index in [2.05, 4.69) is 11.8 Å². The minimum atomic E-state index is -4.28. The quantitative estimate of drug-likeness (QED) is 0.825. The van der Waals surface area contributed by atoms with Gasteiger partial charge in [0.1, 0.15) is 0 Å². The molecule has 0 heterocycles. The predicted molar refractivity (Wildman–Crippen MR) is 77.9 cm³/mol. The van der Waals surface area contributed by atoms with Crippen molar-refractivity contribution in [1.29, 1.82) is 0 Å². The fraction of sp³-hybridized carbons (Fsp3) is 0.625. The summed E-state index contributed by atoms with van der Waals surface area (Å²) < 4.78 is 37.9. The van der Waals surface area contributed by atoms with Crippen LogP contribution in [0.3, 0.4) is 0 Å². The maximum absolute atomic E-state index is 12.6. The van der Waals surface area contributed by atoms with E-state index in [1.165, 1.54) is 12.8 Å². The van der Waals surface area contributed by atoms with Gasteiger partial charge in [0.25, 0.3) is 0 Å². The molecule has 0 bridgehead atoms. The number of benzene rings is 1. The van der Waals surface area contributed by atoms with Gasteiger partial charge < -0.3 is 5.73 Å². The van der Waals surface area contributed by atoms with Crippen LogP contribution in [0.5, 0.6) is 0 Å². The lowest BCUT2D eigenvalue weighted by Crippen LogP contribution is -2.36. The number of hydrogen-bond acceptors (Lipinski definition) is 2. The van der Waals surface area contributed by atoms with Gasteiger partial charge in [-0.15, -0.1) is 0 Å². The fourth-order valence-corrected chi connectivity index (χ4v) is 2.70. The summed E-state index contributed by atoms with van der Waals surface area (Å²) in [5.41, 5.74) is 6.18. The van der Waals surface area contributed by atoms with Crippen LogP contribution in [0.4, 0.5) is 13.2 Å². The largest absolute Gasteiger partial charge is 0.416 e. The van der Waals surface area contributed by atoms with Crippen molar-refractivity contribution in [2.45, 2.75) is 50.9 Å². The lowest BCUT2D eigenvalue weighted by molar-refractivity contribution is -0.137. The van der Waals surface area contributed by atoms with E-state index in [-0.39, 0.29) is 6.04 Å². The van der Waals surface area contributed by atoms with Gasteiger partial charge in [0.05, 0.1) is 5.56 Å². The van der Waals surface area contributed by atoms with Crippen LogP contribution < -0.4 is 5.73 Å². The first-order chi connectivity index (χ1) is 9.97. The number of nitrogens with zero attached hydrogens (tertiary/aromatic N) is 1. The molecule has 0 aliphatic heterocycles. The van der Waals surface area contributed by atoms with E-state index in [4.69, 9.17) is 5.73 Å². The van der Waals surface area contributed by atoms with Gasteiger partial charge in [-0.1, -0.05) is 25.5 Å². The maximum Gasteiger partial charge on any atom is 0.416 e. The molecule has 0 spiro atoms. The van der Waals surface area contributed by atoms with Crippen LogP contribution in [0, 0.1) is 0 Å². The summed E-state index contributed by atoms with van der Waals surface area (Å²) in [5, 5.41) is 0. The van der Waals surface area contributed by atoms with Crippen LogP contribution in [0.25, 0.3) is 0 Å². The zero-order chi connectivity index (χ0) is 15.5. The average molecular weight is 300 g/mol. The Morgan fingerprint density at radius 2 is 1.86 bits per heavy atom. The lowest BCUT2D eigenvalue weighted by atomic mass is 10.0. The summed E-state index contributed by atoms with van der Waals surface area (Å²) in [7, 11) is 0. The number of nitrogens with two attached hydrogens (primary N) is 1. The average Bonchev–Trinajstić information content (AvgIpc) is 3.27. The Kier molecular flexibility index (Phi) is 5.27. The first-order valence-electron chi connectivity index (χ1n) is 7.60. The molecule has 0 amide bonds. The van der Waals surface area contributed by atoms with Crippen molar-refractivity contribution < 1.29 is 13.2 Å². The van der Waals surface area contributed by atoms with Crippen molar-refractivity contribution in [2.75, 3.05) is 13.1 Å². The molecule has 2 N–H and O–H groups in total. The third-order valence-electron chi connectivity index (χ3n) is 4.03. The minimum absolute atomic E-state index is 0.0198. The van der Waals surface area contributed by atoms with E-state index in [0.29, 0.717) is 12.6 Å². The third kappa shape index (κ3) is 4.20. The third-order valence-corrected chi connectivity index (χ3v) is 4.03. The maximum atomic E-state index is 12.6. The summed E-state index contributed by atoms with van der Waals surface area (Å²) in [6, 6.07) is 6.02. The number of hydrogen-bond donors (Lipinski definition) is 1. The molecule has 21 heavy (non-hydrogen) atoms. The molecule has 1 aliphatic rings. The molecule has 0 saturated heterocycles. The van der Waals surface area contributed by atoms with Gasteiger partial charge in [0.15, 0.2) is 0 Å². The molecule has 1 aromatic carbocycles. The van der Waals surface area contributed by atoms with Gasteiger partial charge in [-0.05, 0) is 43.5 Å². The molecular formula is C16H23F3N2. The molecule has 1 aromatic rings. The molecule has 1 fully saturated rings. The zero-order valence-corrected chi connectivity index (χ0v) is 12.4. The molecule has 118 valence electrons. The summed E-state index contributed by atoms with van der Waals surface area (Å²) >= 11 is 0. The van der Waals surface area contributed by atoms with Crippen molar-refractivity contribution in [3.05, 3.63) is 35.4 Å². The van der Waals surface area contributed by atoms with E-state index in [9.17, 15) is 13.2 Å². The summed E-state index contributed by atoms with van der Waals surface area (Å²) in [6.07, 6.45) is 0.248. The highest BCUT2D eigenvalue weighted by molar-refractivity contribution is 5.27. The Balaban J connectivity index is 2.15. The van der Waals surface area contributed by atoms with Crippen molar-refractivity contribution in [3.63, 3.8) is 0 Å². The Morgan fingerprint density at radius 1 is 1.24 bits per heavy atom. The summed E-state index contributed by atoms with van der Waals surface area (Å²) in [5.74, 6) is 0. The first-order valence-corrected chi connectivity index (χ1v) is 7.60. The molecule has 2 rings (SSSR count). The fourth-order valence-electron chi connectivity index (χ4n) is 2.70. The van der Waals surface area contributed by atoms with Crippen LogP contribution in [0.2, 0.25) is 0 Å². The molecule has 5 heteroatoms. The van der Waals surface area contributed by atoms with E-state index in [0.717, 1.165) is 37.1 Å². The topological polar surface area (TPSA) is 29.3 Å². The second kappa shape index (κ2) is 6.79. The van der Waals surface area contributed by atoms with Gasteiger partial charge in [0.2, 0.25) is 0 Å². The van der Waals surface area contributed by atoms with Crippen molar-refractivity contribution in [3.8, 4) is 0 Å². The second-order valence-corrected chi connectivity index (χ2v) is 5.69. The number of alkyl halides is 3. The Bertz CT molecular complexity index is 438. The Hall–Kier alpha value is -1.07. The van der Waals surface area contributed by atoms with Gasteiger partial charge in [-0.2, -0.15) is 13.2 Å². The highest BCUT2D eigenvalue weighted by Gasteiger charge is 2.34. The van der Waals surface area contributed by atoms with Gasteiger partial charge in [-0.25, -0.2) is 0 Å². The molecule has 0 aromatic heterocycles. The first kappa shape index (κ1) is 16.3.